The van der Waals surface area contributed by atoms with Crippen molar-refractivity contribution in [3.05, 3.63) is 41.5 Å². The van der Waals surface area contributed by atoms with Crippen LogP contribution in [0.3, 0.4) is 0 Å². The smallest absolute Gasteiger partial charge is 0.270 e. The number of carbonyl (C=O) groups excluding carboxylic acids is 1. The first-order chi connectivity index (χ1) is 12.5. The molecule has 0 aromatic carbocycles. The molecular weight excluding hydrogens is 328 g/mol. The third-order valence-electron chi connectivity index (χ3n) is 5.23. The number of hydrogen-bond acceptors (Lipinski definition) is 4. The van der Waals surface area contributed by atoms with E-state index in [0.29, 0.717) is 23.7 Å². The van der Waals surface area contributed by atoms with Crippen LogP contribution in [-0.4, -0.2) is 57.2 Å². The number of H-pyrrole nitrogens is 1. The molecule has 0 radical (unpaired) electrons. The van der Waals surface area contributed by atoms with Gasteiger partial charge < -0.3 is 9.88 Å². The monoisotopic (exact) mass is 354 g/mol. The van der Waals surface area contributed by atoms with Gasteiger partial charge in [0.1, 0.15) is 11.8 Å². The molecule has 2 aromatic rings. The second-order valence-corrected chi connectivity index (χ2v) is 7.02. The number of aromatic amines is 1. The molecule has 1 amide bonds. The molecule has 1 fully saturated rings. The van der Waals surface area contributed by atoms with Crippen molar-refractivity contribution in [3.63, 3.8) is 0 Å². The fourth-order valence-electron chi connectivity index (χ4n) is 4.00. The maximum absolute atomic E-state index is 12.7. The van der Waals surface area contributed by atoms with Crippen molar-refractivity contribution < 1.29 is 4.79 Å². The molecule has 3 rings (SSSR count). The molecule has 7 heteroatoms. The zero-order chi connectivity index (χ0) is 18.7. The van der Waals surface area contributed by atoms with Gasteiger partial charge in [-0.1, -0.05) is 6.92 Å². The Morgan fingerprint density at radius 2 is 2.35 bits per heavy atom. The number of nitrogens with one attached hydrogen (secondary N) is 1. The van der Waals surface area contributed by atoms with E-state index in [0.717, 1.165) is 25.9 Å². The molecule has 0 unspecified atom stereocenters. The van der Waals surface area contributed by atoms with Gasteiger partial charge in [0, 0.05) is 44.6 Å². The summed E-state index contributed by atoms with van der Waals surface area (Å²) in [4.78, 5) is 19.8. The van der Waals surface area contributed by atoms with Crippen LogP contribution in [0, 0.1) is 17.2 Å². The highest BCUT2D eigenvalue weighted by Gasteiger charge is 2.34. The Bertz CT molecular complexity index is 801. The van der Waals surface area contributed by atoms with Crippen molar-refractivity contribution in [1.29, 1.82) is 5.26 Å². The SMILES string of the molecule is CCN1CCC[C@@H](CN(C)C(=O)c2cc(C#N)c[nH]2)[C@@H]1c1cnn(C)c1. The molecule has 2 aromatic heterocycles. The summed E-state index contributed by atoms with van der Waals surface area (Å²) in [6, 6.07) is 3.93. The van der Waals surface area contributed by atoms with Crippen molar-refractivity contribution in [2.45, 2.75) is 25.8 Å². The molecule has 0 bridgehead atoms. The number of nitrogens with zero attached hydrogens (tertiary/aromatic N) is 5. The fraction of sp³-hybridized carbons (Fsp3) is 0.526. The van der Waals surface area contributed by atoms with Crippen LogP contribution in [0.25, 0.3) is 0 Å². The Morgan fingerprint density at radius 1 is 1.54 bits per heavy atom. The van der Waals surface area contributed by atoms with Gasteiger partial charge in [0.15, 0.2) is 0 Å². The minimum atomic E-state index is -0.0786. The van der Waals surface area contributed by atoms with E-state index in [1.165, 1.54) is 5.56 Å². The Morgan fingerprint density at radius 3 is 2.96 bits per heavy atom. The quantitative estimate of drug-likeness (QED) is 0.892. The summed E-state index contributed by atoms with van der Waals surface area (Å²) >= 11 is 0. The average Bonchev–Trinajstić information content (AvgIpc) is 3.29. The van der Waals surface area contributed by atoms with E-state index in [2.05, 4.69) is 28.1 Å². The second kappa shape index (κ2) is 7.75. The topological polar surface area (TPSA) is 81.0 Å². The Balaban J connectivity index is 1.77. The molecule has 26 heavy (non-hydrogen) atoms. The van der Waals surface area contributed by atoms with Gasteiger partial charge in [-0.15, -0.1) is 0 Å². The largest absolute Gasteiger partial charge is 0.356 e. The van der Waals surface area contributed by atoms with E-state index in [1.807, 2.05) is 31.0 Å². The van der Waals surface area contributed by atoms with Gasteiger partial charge in [0.2, 0.25) is 0 Å². The average molecular weight is 354 g/mol. The summed E-state index contributed by atoms with van der Waals surface area (Å²) in [6.07, 6.45) is 7.81. The van der Waals surface area contributed by atoms with Crippen molar-refractivity contribution in [2.24, 2.45) is 13.0 Å². The van der Waals surface area contributed by atoms with Crippen molar-refractivity contribution in [1.82, 2.24) is 24.6 Å². The molecule has 138 valence electrons. The third kappa shape index (κ3) is 3.65. The summed E-state index contributed by atoms with van der Waals surface area (Å²) in [6.45, 7) is 4.92. The molecule has 1 N–H and O–H groups in total. The van der Waals surface area contributed by atoms with Crippen LogP contribution in [0.2, 0.25) is 0 Å². The maximum atomic E-state index is 12.7. The van der Waals surface area contributed by atoms with Gasteiger partial charge in [0.25, 0.3) is 5.91 Å². The summed E-state index contributed by atoms with van der Waals surface area (Å²) in [5.41, 5.74) is 2.15. The van der Waals surface area contributed by atoms with E-state index in [-0.39, 0.29) is 11.9 Å². The normalized spacial score (nSPS) is 20.7. The number of nitriles is 1. The number of carbonyl (C=O) groups is 1. The maximum Gasteiger partial charge on any atom is 0.270 e. The van der Waals surface area contributed by atoms with Crippen LogP contribution in [0.1, 0.15) is 47.4 Å². The van der Waals surface area contributed by atoms with E-state index < -0.39 is 0 Å². The highest BCUT2D eigenvalue weighted by atomic mass is 16.2. The molecule has 0 aliphatic carbocycles. The van der Waals surface area contributed by atoms with E-state index >= 15 is 0 Å². The molecule has 0 saturated carbocycles. The minimum Gasteiger partial charge on any atom is -0.356 e. The number of piperidine rings is 1. The number of aromatic nitrogens is 3. The molecule has 3 heterocycles. The number of aryl methyl sites for hydroxylation is 1. The van der Waals surface area contributed by atoms with Crippen molar-refractivity contribution in [2.75, 3.05) is 26.7 Å². The minimum absolute atomic E-state index is 0.0786. The van der Waals surface area contributed by atoms with Crippen LogP contribution in [0.5, 0.6) is 0 Å². The van der Waals surface area contributed by atoms with Gasteiger partial charge in [-0.3, -0.25) is 14.4 Å². The summed E-state index contributed by atoms with van der Waals surface area (Å²) in [5, 5.41) is 13.3. The molecular formula is C19H26N6O. The lowest BCUT2D eigenvalue weighted by atomic mass is 9.85. The molecule has 7 nitrogen and oxygen atoms in total. The van der Waals surface area contributed by atoms with Crippen molar-refractivity contribution in [3.8, 4) is 6.07 Å². The van der Waals surface area contributed by atoms with E-state index in [1.54, 1.807) is 17.2 Å². The van der Waals surface area contributed by atoms with Gasteiger partial charge in [0.05, 0.1) is 11.8 Å². The first-order valence-electron chi connectivity index (χ1n) is 9.10. The predicted molar refractivity (Wildman–Crippen MR) is 98.4 cm³/mol. The highest BCUT2D eigenvalue weighted by Crippen LogP contribution is 2.36. The molecule has 1 aliphatic heterocycles. The first kappa shape index (κ1) is 18.2. The zero-order valence-electron chi connectivity index (χ0n) is 15.6. The number of amides is 1. The number of hydrogen-bond donors (Lipinski definition) is 1. The van der Waals surface area contributed by atoms with Crippen LogP contribution in [-0.2, 0) is 7.05 Å². The lowest BCUT2D eigenvalue weighted by molar-refractivity contribution is 0.0585. The van der Waals surface area contributed by atoms with Crippen LogP contribution >= 0.6 is 0 Å². The predicted octanol–water partition coefficient (Wildman–Crippen LogP) is 2.17. The molecule has 1 saturated heterocycles. The van der Waals surface area contributed by atoms with Crippen LogP contribution in [0.4, 0.5) is 0 Å². The summed E-state index contributed by atoms with van der Waals surface area (Å²) in [5.74, 6) is 0.275. The van der Waals surface area contributed by atoms with E-state index in [9.17, 15) is 4.79 Å². The lowest BCUT2D eigenvalue weighted by Crippen LogP contribution is -2.44. The summed E-state index contributed by atoms with van der Waals surface area (Å²) in [7, 11) is 3.77. The molecule has 2 atom stereocenters. The number of rotatable bonds is 5. The van der Waals surface area contributed by atoms with Gasteiger partial charge >= 0.3 is 0 Å². The zero-order valence-corrected chi connectivity index (χ0v) is 15.6. The standard InChI is InChI=1S/C19H26N6O/c1-4-25-7-5-6-15(18(25)16-11-22-24(3)13-16)12-23(2)19(26)17-8-14(9-20)10-21-17/h8,10-11,13,15,18,21H,4-7,12H2,1-3H3/t15-,18+/m0/s1. The second-order valence-electron chi connectivity index (χ2n) is 7.02. The lowest BCUT2D eigenvalue weighted by Gasteiger charge is -2.42. The van der Waals surface area contributed by atoms with E-state index in [4.69, 9.17) is 5.26 Å². The van der Waals surface area contributed by atoms with Crippen LogP contribution < -0.4 is 0 Å². The van der Waals surface area contributed by atoms with Gasteiger partial charge in [-0.05, 0) is 37.9 Å². The molecule has 1 aliphatic rings. The number of likely N-dealkylation sites (tertiary alicyclic amines) is 1. The Hall–Kier alpha value is -2.59. The van der Waals surface area contributed by atoms with Crippen molar-refractivity contribution >= 4 is 5.91 Å². The highest BCUT2D eigenvalue weighted by molar-refractivity contribution is 5.92. The fourth-order valence-corrected chi connectivity index (χ4v) is 4.00. The van der Waals surface area contributed by atoms with Gasteiger partial charge in [-0.25, -0.2) is 0 Å². The Labute approximate surface area is 154 Å². The third-order valence-corrected chi connectivity index (χ3v) is 5.23. The Kier molecular flexibility index (Phi) is 5.43. The summed E-state index contributed by atoms with van der Waals surface area (Å²) < 4.78 is 1.84. The van der Waals surface area contributed by atoms with Crippen LogP contribution in [0.15, 0.2) is 24.7 Å². The van der Waals surface area contributed by atoms with Gasteiger partial charge in [-0.2, -0.15) is 10.4 Å². The first-order valence-corrected chi connectivity index (χ1v) is 9.10. The molecule has 0 spiro atoms.